The maximum absolute atomic E-state index is 12.3. The van der Waals surface area contributed by atoms with Crippen LogP contribution in [0.15, 0.2) is 55.2 Å². The van der Waals surface area contributed by atoms with Crippen molar-refractivity contribution in [3.63, 3.8) is 0 Å². The molecule has 0 fully saturated rings. The van der Waals surface area contributed by atoms with Crippen molar-refractivity contribution >= 4 is 11.6 Å². The molecule has 3 heterocycles. The topological polar surface area (TPSA) is 78.3 Å². The number of nitrogens with one attached hydrogen (secondary N) is 1. The van der Waals surface area contributed by atoms with Crippen molar-refractivity contribution in [1.29, 1.82) is 0 Å². The van der Waals surface area contributed by atoms with Crippen LogP contribution in [-0.4, -0.2) is 33.7 Å². The summed E-state index contributed by atoms with van der Waals surface area (Å²) in [5.74, 6) is 1.78. The average molecular weight is 322 g/mol. The highest BCUT2D eigenvalue weighted by Gasteiger charge is 2.13. The summed E-state index contributed by atoms with van der Waals surface area (Å²) >= 11 is 0. The quantitative estimate of drug-likeness (QED) is 0.800. The normalized spacial score (nSPS) is 12.7. The average Bonchev–Trinajstić information content (AvgIpc) is 3.16. The predicted molar refractivity (Wildman–Crippen MR) is 86.7 cm³/mol. The van der Waals surface area contributed by atoms with Gasteiger partial charge in [0.1, 0.15) is 25.4 Å². The standard InChI is InChI=1S/C17H14N4O3/c22-17(12-1-4-16(19-10-12)21-6-5-18-11-21)20-13-2-3-14-15(9-13)24-8-7-23-14/h1-6,9-11H,7-8H2,(H,20,22). The molecule has 0 atom stereocenters. The first-order chi connectivity index (χ1) is 11.8. The van der Waals surface area contributed by atoms with E-state index < -0.39 is 0 Å². The van der Waals surface area contributed by atoms with Gasteiger partial charge in [-0.05, 0) is 24.3 Å². The lowest BCUT2D eigenvalue weighted by Gasteiger charge is -2.19. The van der Waals surface area contributed by atoms with Gasteiger partial charge in [-0.3, -0.25) is 9.36 Å². The highest BCUT2D eigenvalue weighted by molar-refractivity contribution is 6.04. The Morgan fingerprint density at radius 3 is 2.75 bits per heavy atom. The molecule has 1 aliphatic rings. The fraction of sp³-hybridized carbons (Fsp3) is 0.118. The number of pyridine rings is 1. The Morgan fingerprint density at radius 1 is 1.12 bits per heavy atom. The van der Waals surface area contributed by atoms with E-state index in [1.54, 1.807) is 53.6 Å². The Bertz CT molecular complexity index is 860. The Kier molecular flexibility index (Phi) is 3.59. The number of carbonyl (C=O) groups is 1. The number of aromatic nitrogens is 3. The zero-order chi connectivity index (χ0) is 16.4. The highest BCUT2D eigenvalue weighted by Crippen LogP contribution is 2.32. The van der Waals surface area contributed by atoms with E-state index in [1.165, 1.54) is 6.20 Å². The number of rotatable bonds is 3. The number of anilines is 1. The minimum absolute atomic E-state index is 0.239. The minimum Gasteiger partial charge on any atom is -0.486 e. The van der Waals surface area contributed by atoms with Crippen LogP contribution in [0.4, 0.5) is 5.69 Å². The first kappa shape index (κ1) is 14.3. The van der Waals surface area contributed by atoms with Crippen LogP contribution in [0.1, 0.15) is 10.4 Å². The number of ether oxygens (including phenoxy) is 2. The number of amides is 1. The molecule has 1 aromatic carbocycles. The smallest absolute Gasteiger partial charge is 0.257 e. The SMILES string of the molecule is O=C(Nc1ccc2c(c1)OCCO2)c1ccc(-n2ccnc2)nc1. The maximum atomic E-state index is 12.3. The third-order valence-corrected chi connectivity index (χ3v) is 3.58. The van der Waals surface area contributed by atoms with Gasteiger partial charge in [-0.1, -0.05) is 0 Å². The molecule has 4 rings (SSSR count). The van der Waals surface area contributed by atoms with Gasteiger partial charge in [0.25, 0.3) is 5.91 Å². The molecular weight excluding hydrogens is 308 g/mol. The summed E-state index contributed by atoms with van der Waals surface area (Å²) in [6, 6.07) is 8.79. The van der Waals surface area contributed by atoms with Gasteiger partial charge in [-0.15, -0.1) is 0 Å². The van der Waals surface area contributed by atoms with Crippen molar-refractivity contribution in [2.75, 3.05) is 18.5 Å². The fourth-order valence-corrected chi connectivity index (χ4v) is 2.39. The van der Waals surface area contributed by atoms with Crippen molar-refractivity contribution in [1.82, 2.24) is 14.5 Å². The molecule has 2 aromatic heterocycles. The number of benzene rings is 1. The second-order valence-corrected chi connectivity index (χ2v) is 5.19. The molecule has 0 aliphatic carbocycles. The summed E-state index contributed by atoms with van der Waals surface area (Å²) < 4.78 is 12.7. The number of nitrogens with zero attached hydrogens (tertiary/aromatic N) is 3. The van der Waals surface area contributed by atoms with Crippen LogP contribution in [-0.2, 0) is 0 Å². The number of hydrogen-bond acceptors (Lipinski definition) is 5. The first-order valence-electron chi connectivity index (χ1n) is 7.45. The molecule has 24 heavy (non-hydrogen) atoms. The van der Waals surface area contributed by atoms with Gasteiger partial charge in [0.15, 0.2) is 11.5 Å². The van der Waals surface area contributed by atoms with Crippen molar-refractivity contribution in [2.45, 2.75) is 0 Å². The van der Waals surface area contributed by atoms with Crippen LogP contribution >= 0.6 is 0 Å². The summed E-state index contributed by atoms with van der Waals surface area (Å²) in [7, 11) is 0. The van der Waals surface area contributed by atoms with Crippen LogP contribution in [0.2, 0.25) is 0 Å². The molecule has 0 spiro atoms. The molecule has 0 radical (unpaired) electrons. The zero-order valence-electron chi connectivity index (χ0n) is 12.7. The Labute approximate surface area is 137 Å². The van der Waals surface area contributed by atoms with Crippen molar-refractivity contribution in [2.24, 2.45) is 0 Å². The number of fused-ring (bicyclic) bond motifs is 1. The summed E-state index contributed by atoms with van der Waals surface area (Å²) in [6.07, 6.45) is 6.64. The summed E-state index contributed by atoms with van der Waals surface area (Å²) in [5, 5.41) is 2.83. The van der Waals surface area contributed by atoms with E-state index in [-0.39, 0.29) is 5.91 Å². The summed E-state index contributed by atoms with van der Waals surface area (Å²) in [4.78, 5) is 20.6. The third-order valence-electron chi connectivity index (χ3n) is 3.58. The zero-order valence-corrected chi connectivity index (χ0v) is 12.7. The van der Waals surface area contributed by atoms with E-state index >= 15 is 0 Å². The van der Waals surface area contributed by atoms with Crippen molar-refractivity contribution in [3.8, 4) is 17.3 Å². The van der Waals surface area contributed by atoms with Gasteiger partial charge in [-0.2, -0.15) is 0 Å². The van der Waals surface area contributed by atoms with E-state index in [9.17, 15) is 4.79 Å². The lowest BCUT2D eigenvalue weighted by atomic mass is 10.2. The highest BCUT2D eigenvalue weighted by atomic mass is 16.6. The van der Waals surface area contributed by atoms with Crippen LogP contribution in [0.3, 0.4) is 0 Å². The first-order valence-corrected chi connectivity index (χ1v) is 7.45. The molecule has 0 saturated heterocycles. The summed E-state index contributed by atoms with van der Waals surface area (Å²) in [5.41, 5.74) is 1.11. The van der Waals surface area contributed by atoms with Crippen molar-refractivity contribution in [3.05, 3.63) is 60.8 Å². The lowest BCUT2D eigenvalue weighted by molar-refractivity contribution is 0.102. The van der Waals surface area contributed by atoms with Crippen LogP contribution < -0.4 is 14.8 Å². The van der Waals surface area contributed by atoms with Gasteiger partial charge < -0.3 is 14.8 Å². The maximum Gasteiger partial charge on any atom is 0.257 e. The molecule has 1 N–H and O–H groups in total. The molecule has 0 saturated carbocycles. The van der Waals surface area contributed by atoms with Crippen LogP contribution in [0.25, 0.3) is 5.82 Å². The van der Waals surface area contributed by atoms with Crippen LogP contribution in [0.5, 0.6) is 11.5 Å². The number of imidazole rings is 1. The Hall–Kier alpha value is -3.35. The number of carbonyl (C=O) groups excluding carboxylic acids is 1. The molecule has 1 amide bonds. The molecular formula is C17H14N4O3. The minimum atomic E-state index is -0.239. The Balaban J connectivity index is 1.50. The van der Waals surface area contributed by atoms with E-state index in [1.807, 2.05) is 0 Å². The molecule has 1 aliphatic heterocycles. The number of hydrogen-bond donors (Lipinski definition) is 1. The molecule has 3 aromatic rings. The third kappa shape index (κ3) is 2.79. The fourth-order valence-electron chi connectivity index (χ4n) is 2.39. The summed E-state index contributed by atoms with van der Waals surface area (Å²) in [6.45, 7) is 1.04. The lowest BCUT2D eigenvalue weighted by Crippen LogP contribution is -2.16. The molecule has 0 bridgehead atoms. The largest absolute Gasteiger partial charge is 0.486 e. The van der Waals surface area contributed by atoms with Gasteiger partial charge >= 0.3 is 0 Å². The van der Waals surface area contributed by atoms with Gasteiger partial charge in [0, 0.05) is 30.3 Å². The van der Waals surface area contributed by atoms with Gasteiger partial charge in [0.2, 0.25) is 0 Å². The molecule has 7 heteroatoms. The Morgan fingerprint density at radius 2 is 2.00 bits per heavy atom. The van der Waals surface area contributed by atoms with E-state index in [0.29, 0.717) is 41.8 Å². The molecule has 7 nitrogen and oxygen atoms in total. The second kappa shape index (κ2) is 6.04. The van der Waals surface area contributed by atoms with Crippen molar-refractivity contribution < 1.29 is 14.3 Å². The van der Waals surface area contributed by atoms with E-state index in [2.05, 4.69) is 15.3 Å². The second-order valence-electron chi connectivity index (χ2n) is 5.19. The van der Waals surface area contributed by atoms with E-state index in [0.717, 1.165) is 0 Å². The van der Waals surface area contributed by atoms with Gasteiger partial charge in [0.05, 0.1) is 5.56 Å². The molecule has 120 valence electrons. The molecule has 0 unspecified atom stereocenters. The van der Waals surface area contributed by atoms with Gasteiger partial charge in [-0.25, -0.2) is 9.97 Å². The van der Waals surface area contributed by atoms with Crippen LogP contribution in [0, 0.1) is 0 Å². The van der Waals surface area contributed by atoms with E-state index in [4.69, 9.17) is 9.47 Å². The predicted octanol–water partition coefficient (Wildman–Crippen LogP) is 2.29. The monoisotopic (exact) mass is 322 g/mol.